The molecule has 0 unspecified atom stereocenters. The summed E-state index contributed by atoms with van der Waals surface area (Å²) in [6.45, 7) is 6.44. The van der Waals surface area contributed by atoms with E-state index in [2.05, 4.69) is 142 Å². The van der Waals surface area contributed by atoms with Gasteiger partial charge >= 0.3 is 17.9 Å². The molecule has 0 aromatic rings. The minimum absolute atomic E-state index is 0.121. The lowest BCUT2D eigenvalue weighted by molar-refractivity contribution is -0.167. The maximum absolute atomic E-state index is 12.8. The molecule has 0 radical (unpaired) electrons. The van der Waals surface area contributed by atoms with E-state index in [0.717, 1.165) is 116 Å². The maximum atomic E-state index is 12.8. The lowest BCUT2D eigenvalue weighted by Crippen LogP contribution is -2.30. The van der Waals surface area contributed by atoms with Crippen LogP contribution in [0.15, 0.2) is 122 Å². The molecule has 6 nitrogen and oxygen atoms in total. The van der Waals surface area contributed by atoms with Crippen molar-refractivity contribution in [2.24, 2.45) is 0 Å². The molecule has 0 fully saturated rings. The summed E-state index contributed by atoms with van der Waals surface area (Å²) in [5.41, 5.74) is 0. The fraction of sp³-hybridized carbons (Fsp3) is 0.629. The van der Waals surface area contributed by atoms with Crippen LogP contribution in [-0.2, 0) is 28.6 Å². The normalized spacial score (nSPS) is 13.0. The molecule has 0 aliphatic rings. The zero-order valence-electron chi connectivity index (χ0n) is 43.8. The molecule has 0 aromatic carbocycles. The van der Waals surface area contributed by atoms with Crippen molar-refractivity contribution in [2.45, 2.75) is 239 Å². The average molecular weight is 941 g/mol. The fourth-order valence-electron chi connectivity index (χ4n) is 6.96. The molecular weight excluding hydrogens is 841 g/mol. The molecule has 0 bridgehead atoms. The van der Waals surface area contributed by atoms with Gasteiger partial charge in [0.1, 0.15) is 13.2 Å². The Morgan fingerprint density at radius 3 is 0.926 bits per heavy atom. The van der Waals surface area contributed by atoms with Gasteiger partial charge in [-0.1, -0.05) is 206 Å². The number of esters is 3. The molecule has 0 amide bonds. The van der Waals surface area contributed by atoms with Crippen molar-refractivity contribution in [3.63, 3.8) is 0 Å². The second-order valence-electron chi connectivity index (χ2n) is 17.8. The Bertz CT molecular complexity index is 1450. The second-order valence-corrected chi connectivity index (χ2v) is 17.8. The SMILES string of the molecule is CCCC/C=C/C/C=C/CCCCCCCC(=O)OC[C@H](COC(=O)CCCCC/C=C/C/C=C/C/C=C/C/C=C/CCCCC)OC(=O)CCC/C=C/C/C=C/C/C=C/C/C=C/CCCCC. The molecule has 1 atom stereocenters. The van der Waals surface area contributed by atoms with Crippen molar-refractivity contribution in [3.05, 3.63) is 122 Å². The summed E-state index contributed by atoms with van der Waals surface area (Å²) in [7, 11) is 0. The largest absolute Gasteiger partial charge is 0.462 e. The minimum Gasteiger partial charge on any atom is -0.462 e. The molecule has 0 aliphatic heterocycles. The molecule has 384 valence electrons. The van der Waals surface area contributed by atoms with Gasteiger partial charge in [-0.15, -0.1) is 0 Å². The highest BCUT2D eigenvalue weighted by Gasteiger charge is 2.19. The number of carbonyl (C=O) groups is 3. The van der Waals surface area contributed by atoms with Gasteiger partial charge in [-0.25, -0.2) is 0 Å². The van der Waals surface area contributed by atoms with Crippen molar-refractivity contribution in [1.82, 2.24) is 0 Å². The first-order chi connectivity index (χ1) is 33.5. The number of hydrogen-bond donors (Lipinski definition) is 0. The lowest BCUT2D eigenvalue weighted by Gasteiger charge is -2.18. The van der Waals surface area contributed by atoms with Crippen LogP contribution in [0.3, 0.4) is 0 Å². The number of carbonyl (C=O) groups excluding carboxylic acids is 3. The van der Waals surface area contributed by atoms with Crippen LogP contribution >= 0.6 is 0 Å². The summed E-state index contributed by atoms with van der Waals surface area (Å²) < 4.78 is 16.7. The van der Waals surface area contributed by atoms with Gasteiger partial charge in [0.15, 0.2) is 6.10 Å². The molecule has 0 aliphatic carbocycles. The standard InChI is InChI=1S/C62H100O6/c1-4-7-10-13-16-19-22-25-28-30-31-33-34-37-40-43-46-49-52-55-61(64)67-58-59(57-66-60(63)54-51-48-45-42-39-36-27-24-21-18-15-12-9-6-3)68-62(65)56-53-50-47-44-41-38-35-32-29-26-23-20-17-14-11-8-5-2/h15-20,24-29,31,33,35,37-38,40,44,47,59H,4-14,21-23,30,32,34,36,39,41-43,45-46,48-58H2,1-3H3/b18-15+,19-16+,20-17+,27-24+,28-25+,29-26+,33-31+,38-35+,40-37+,47-44+/t59-/m1/s1. The van der Waals surface area contributed by atoms with Crippen LogP contribution in [0.4, 0.5) is 0 Å². The Labute approximate surface area is 418 Å². The number of ether oxygens (including phenoxy) is 3. The summed E-state index contributed by atoms with van der Waals surface area (Å²) >= 11 is 0. The van der Waals surface area contributed by atoms with E-state index in [-0.39, 0.29) is 37.5 Å². The van der Waals surface area contributed by atoms with Gasteiger partial charge < -0.3 is 14.2 Å². The van der Waals surface area contributed by atoms with Crippen LogP contribution in [-0.4, -0.2) is 37.2 Å². The molecular formula is C62H100O6. The predicted octanol–water partition coefficient (Wildman–Crippen LogP) is 18.5. The predicted molar refractivity (Wildman–Crippen MR) is 293 cm³/mol. The third-order valence-corrected chi connectivity index (χ3v) is 11.2. The number of rotatable bonds is 48. The number of allylic oxidation sites excluding steroid dienone is 20. The van der Waals surface area contributed by atoms with Gasteiger partial charge in [0.05, 0.1) is 0 Å². The van der Waals surface area contributed by atoms with Crippen LogP contribution in [0.1, 0.15) is 233 Å². The fourth-order valence-corrected chi connectivity index (χ4v) is 6.96. The molecule has 0 N–H and O–H groups in total. The van der Waals surface area contributed by atoms with Gasteiger partial charge in [0.2, 0.25) is 0 Å². The van der Waals surface area contributed by atoms with Gasteiger partial charge in [0, 0.05) is 19.3 Å². The Kier molecular flexibility index (Phi) is 52.0. The average Bonchev–Trinajstić information content (AvgIpc) is 3.34. The third-order valence-electron chi connectivity index (χ3n) is 11.2. The van der Waals surface area contributed by atoms with E-state index in [0.29, 0.717) is 19.3 Å². The number of unbranched alkanes of at least 4 members (excludes halogenated alkanes) is 17. The van der Waals surface area contributed by atoms with E-state index >= 15 is 0 Å². The van der Waals surface area contributed by atoms with Crippen LogP contribution < -0.4 is 0 Å². The highest BCUT2D eigenvalue weighted by molar-refractivity contribution is 5.71. The van der Waals surface area contributed by atoms with E-state index in [1.807, 2.05) is 0 Å². The molecule has 6 heteroatoms. The van der Waals surface area contributed by atoms with Crippen LogP contribution in [0.25, 0.3) is 0 Å². The van der Waals surface area contributed by atoms with Gasteiger partial charge in [-0.2, -0.15) is 0 Å². The monoisotopic (exact) mass is 941 g/mol. The summed E-state index contributed by atoms with van der Waals surface area (Å²) in [4.78, 5) is 38.1. The topological polar surface area (TPSA) is 78.9 Å². The summed E-state index contributed by atoms with van der Waals surface area (Å²) in [6, 6.07) is 0. The summed E-state index contributed by atoms with van der Waals surface area (Å²) in [5, 5.41) is 0. The molecule has 68 heavy (non-hydrogen) atoms. The molecule has 0 heterocycles. The zero-order chi connectivity index (χ0) is 49.3. The third kappa shape index (κ3) is 52.8. The lowest BCUT2D eigenvalue weighted by atomic mass is 10.1. The minimum atomic E-state index is -0.829. The van der Waals surface area contributed by atoms with Crippen LogP contribution in [0.2, 0.25) is 0 Å². The molecule has 0 saturated carbocycles. The highest BCUT2D eigenvalue weighted by Crippen LogP contribution is 2.12. The molecule has 0 saturated heterocycles. The summed E-state index contributed by atoms with van der Waals surface area (Å²) in [5.74, 6) is -1.03. The van der Waals surface area contributed by atoms with E-state index in [1.54, 1.807) is 0 Å². The van der Waals surface area contributed by atoms with Crippen molar-refractivity contribution in [3.8, 4) is 0 Å². The van der Waals surface area contributed by atoms with Gasteiger partial charge in [-0.05, 0) is 128 Å². The first-order valence-corrected chi connectivity index (χ1v) is 27.5. The van der Waals surface area contributed by atoms with E-state index < -0.39 is 6.10 Å². The summed E-state index contributed by atoms with van der Waals surface area (Å²) in [6.07, 6.45) is 76.1. The Hall–Kier alpha value is -4.19. The second kappa shape index (κ2) is 55.4. The number of hydrogen-bond acceptors (Lipinski definition) is 6. The Balaban J connectivity index is 4.57. The van der Waals surface area contributed by atoms with Crippen molar-refractivity contribution >= 4 is 17.9 Å². The van der Waals surface area contributed by atoms with Crippen molar-refractivity contribution < 1.29 is 28.6 Å². The van der Waals surface area contributed by atoms with E-state index in [4.69, 9.17) is 14.2 Å². The molecule has 0 spiro atoms. The van der Waals surface area contributed by atoms with E-state index in [1.165, 1.54) is 70.6 Å². The van der Waals surface area contributed by atoms with E-state index in [9.17, 15) is 14.4 Å². The van der Waals surface area contributed by atoms with Gasteiger partial charge in [0.25, 0.3) is 0 Å². The quantitative estimate of drug-likeness (QED) is 0.0262. The van der Waals surface area contributed by atoms with Crippen LogP contribution in [0.5, 0.6) is 0 Å². The maximum Gasteiger partial charge on any atom is 0.306 e. The first kappa shape index (κ1) is 63.8. The Morgan fingerprint density at radius 2 is 0.559 bits per heavy atom. The molecule has 0 aromatic heterocycles. The van der Waals surface area contributed by atoms with Crippen molar-refractivity contribution in [2.75, 3.05) is 13.2 Å². The zero-order valence-corrected chi connectivity index (χ0v) is 43.8. The van der Waals surface area contributed by atoms with Crippen LogP contribution in [0, 0.1) is 0 Å². The van der Waals surface area contributed by atoms with Crippen molar-refractivity contribution in [1.29, 1.82) is 0 Å². The first-order valence-electron chi connectivity index (χ1n) is 27.5. The molecule has 0 rings (SSSR count). The smallest absolute Gasteiger partial charge is 0.306 e. The Morgan fingerprint density at radius 1 is 0.294 bits per heavy atom. The highest BCUT2D eigenvalue weighted by atomic mass is 16.6. The van der Waals surface area contributed by atoms with Gasteiger partial charge in [-0.3, -0.25) is 14.4 Å².